The molecule has 0 saturated carbocycles. The minimum absolute atomic E-state index is 0.122. The van der Waals surface area contributed by atoms with Gasteiger partial charge in [0, 0.05) is 5.02 Å². The van der Waals surface area contributed by atoms with E-state index >= 15 is 0 Å². The summed E-state index contributed by atoms with van der Waals surface area (Å²) in [5.41, 5.74) is 3.30. The molecule has 5 nitrogen and oxygen atoms in total. The third kappa shape index (κ3) is 3.81. The highest BCUT2D eigenvalue weighted by Gasteiger charge is 2.10. The van der Waals surface area contributed by atoms with E-state index in [1.54, 1.807) is 18.2 Å². The molecule has 1 heterocycles. The zero-order valence-electron chi connectivity index (χ0n) is 12.7. The molecule has 0 spiro atoms. The second-order valence-electron chi connectivity index (χ2n) is 5.29. The van der Waals surface area contributed by atoms with Gasteiger partial charge in [-0.1, -0.05) is 17.7 Å². The fourth-order valence-electron chi connectivity index (χ4n) is 2.27. The van der Waals surface area contributed by atoms with E-state index in [0.717, 1.165) is 11.1 Å². The van der Waals surface area contributed by atoms with E-state index in [4.69, 9.17) is 20.8 Å². The third-order valence-electron chi connectivity index (χ3n) is 3.16. The summed E-state index contributed by atoms with van der Waals surface area (Å²) in [6.45, 7) is 3.83. The van der Waals surface area contributed by atoms with E-state index in [9.17, 15) is 4.79 Å². The molecule has 0 bridgehead atoms. The van der Waals surface area contributed by atoms with Gasteiger partial charge >= 0.3 is 6.01 Å². The Morgan fingerprint density at radius 3 is 2.70 bits per heavy atom. The summed E-state index contributed by atoms with van der Waals surface area (Å²) in [4.78, 5) is 16.1. The van der Waals surface area contributed by atoms with Gasteiger partial charge in [-0.15, -0.1) is 0 Å². The maximum absolute atomic E-state index is 11.9. The normalized spacial score (nSPS) is 10.7. The molecule has 0 saturated heterocycles. The molecule has 6 heteroatoms. The molecule has 23 heavy (non-hydrogen) atoms. The minimum Gasteiger partial charge on any atom is -0.484 e. The van der Waals surface area contributed by atoms with Gasteiger partial charge in [0.05, 0.1) is 0 Å². The van der Waals surface area contributed by atoms with Crippen LogP contribution in [0.3, 0.4) is 0 Å². The molecule has 0 unspecified atom stereocenters. The number of carbonyl (C=O) groups excluding carboxylic acids is 1. The van der Waals surface area contributed by atoms with Crippen molar-refractivity contribution in [1.29, 1.82) is 0 Å². The quantitative estimate of drug-likeness (QED) is 0.781. The molecule has 0 fully saturated rings. The third-order valence-corrected chi connectivity index (χ3v) is 3.40. The van der Waals surface area contributed by atoms with Crippen LogP contribution in [0.4, 0.5) is 6.01 Å². The number of nitrogens with one attached hydrogen (secondary N) is 1. The second-order valence-corrected chi connectivity index (χ2v) is 5.73. The molecule has 1 N–H and O–H groups in total. The number of carbonyl (C=O) groups is 1. The number of aryl methyl sites for hydroxylation is 2. The zero-order chi connectivity index (χ0) is 16.4. The SMILES string of the molecule is Cc1cc(C)cc(OCC(=O)Nc2nc3cc(Cl)ccc3o2)c1. The van der Waals surface area contributed by atoms with Crippen LogP contribution >= 0.6 is 11.6 Å². The number of ether oxygens (including phenoxy) is 1. The summed E-state index contributed by atoms with van der Waals surface area (Å²) >= 11 is 5.89. The van der Waals surface area contributed by atoms with Gasteiger partial charge in [-0.25, -0.2) is 0 Å². The van der Waals surface area contributed by atoms with Crippen molar-refractivity contribution in [2.45, 2.75) is 13.8 Å². The smallest absolute Gasteiger partial charge is 0.302 e. The number of rotatable bonds is 4. The van der Waals surface area contributed by atoms with Crippen molar-refractivity contribution in [2.75, 3.05) is 11.9 Å². The van der Waals surface area contributed by atoms with E-state index in [0.29, 0.717) is 21.9 Å². The minimum atomic E-state index is -0.346. The van der Waals surface area contributed by atoms with E-state index in [1.807, 2.05) is 32.0 Å². The van der Waals surface area contributed by atoms with Crippen molar-refractivity contribution < 1.29 is 13.9 Å². The van der Waals surface area contributed by atoms with Crippen LogP contribution in [0, 0.1) is 13.8 Å². The van der Waals surface area contributed by atoms with Crippen molar-refractivity contribution >= 4 is 34.6 Å². The van der Waals surface area contributed by atoms with Crippen LogP contribution in [-0.4, -0.2) is 17.5 Å². The Morgan fingerprint density at radius 2 is 1.96 bits per heavy atom. The molecule has 0 aliphatic rings. The van der Waals surface area contributed by atoms with Gasteiger partial charge in [0.15, 0.2) is 12.2 Å². The van der Waals surface area contributed by atoms with Gasteiger partial charge in [-0.3, -0.25) is 10.1 Å². The first kappa shape index (κ1) is 15.4. The standard InChI is InChI=1S/C17H15ClN2O3/c1-10-5-11(2)7-13(6-10)22-9-16(21)20-17-19-14-8-12(18)3-4-15(14)23-17/h3-8H,9H2,1-2H3,(H,19,20,21). The highest BCUT2D eigenvalue weighted by Crippen LogP contribution is 2.22. The molecule has 2 aromatic carbocycles. The Hall–Kier alpha value is -2.53. The summed E-state index contributed by atoms with van der Waals surface area (Å²) in [6, 6.07) is 11.0. The molecular weight excluding hydrogens is 316 g/mol. The van der Waals surface area contributed by atoms with Gasteiger partial charge in [-0.05, 0) is 55.3 Å². The first-order chi connectivity index (χ1) is 11.0. The van der Waals surface area contributed by atoms with Crippen LogP contribution in [0.25, 0.3) is 11.1 Å². The van der Waals surface area contributed by atoms with Crippen LogP contribution in [0.5, 0.6) is 5.75 Å². The van der Waals surface area contributed by atoms with Gasteiger partial charge in [0.1, 0.15) is 11.3 Å². The average molecular weight is 331 g/mol. The number of anilines is 1. The molecular formula is C17H15ClN2O3. The fraction of sp³-hybridized carbons (Fsp3) is 0.176. The lowest BCUT2D eigenvalue weighted by Gasteiger charge is -2.07. The predicted octanol–water partition coefficient (Wildman–Crippen LogP) is 4.12. The Bertz CT molecular complexity index is 853. The van der Waals surface area contributed by atoms with E-state index < -0.39 is 0 Å². The van der Waals surface area contributed by atoms with E-state index in [-0.39, 0.29) is 18.5 Å². The second kappa shape index (κ2) is 6.30. The largest absolute Gasteiger partial charge is 0.484 e. The summed E-state index contributed by atoms with van der Waals surface area (Å²) in [5, 5.41) is 3.12. The first-order valence-electron chi connectivity index (χ1n) is 7.07. The van der Waals surface area contributed by atoms with Gasteiger partial charge < -0.3 is 9.15 Å². The summed E-state index contributed by atoms with van der Waals surface area (Å²) in [6.07, 6.45) is 0. The van der Waals surface area contributed by atoms with Crippen molar-refractivity contribution in [1.82, 2.24) is 4.98 Å². The lowest BCUT2D eigenvalue weighted by molar-refractivity contribution is -0.118. The number of aromatic nitrogens is 1. The molecule has 0 aliphatic carbocycles. The van der Waals surface area contributed by atoms with Gasteiger partial charge in [0.2, 0.25) is 0 Å². The molecule has 3 rings (SSSR count). The summed E-state index contributed by atoms with van der Waals surface area (Å²) in [7, 11) is 0. The Balaban J connectivity index is 1.64. The molecule has 3 aromatic rings. The predicted molar refractivity (Wildman–Crippen MR) is 89.1 cm³/mol. The molecule has 0 aliphatic heterocycles. The fourth-order valence-corrected chi connectivity index (χ4v) is 2.44. The number of fused-ring (bicyclic) bond motifs is 1. The van der Waals surface area contributed by atoms with Gasteiger partial charge in [0.25, 0.3) is 5.91 Å². The van der Waals surface area contributed by atoms with E-state index in [2.05, 4.69) is 10.3 Å². The monoisotopic (exact) mass is 330 g/mol. The number of nitrogens with zero attached hydrogens (tertiary/aromatic N) is 1. The lowest BCUT2D eigenvalue weighted by atomic mass is 10.1. The Kier molecular flexibility index (Phi) is 4.21. The highest BCUT2D eigenvalue weighted by atomic mass is 35.5. The van der Waals surface area contributed by atoms with Crippen LogP contribution in [0.2, 0.25) is 5.02 Å². The molecule has 118 valence electrons. The van der Waals surface area contributed by atoms with Crippen LogP contribution in [-0.2, 0) is 4.79 Å². The van der Waals surface area contributed by atoms with Crippen LogP contribution in [0.1, 0.15) is 11.1 Å². The highest BCUT2D eigenvalue weighted by molar-refractivity contribution is 6.31. The average Bonchev–Trinajstić information content (AvgIpc) is 2.85. The zero-order valence-corrected chi connectivity index (χ0v) is 13.5. The topological polar surface area (TPSA) is 64.4 Å². The molecule has 1 aromatic heterocycles. The number of hydrogen-bond acceptors (Lipinski definition) is 4. The Morgan fingerprint density at radius 1 is 1.22 bits per heavy atom. The van der Waals surface area contributed by atoms with Crippen molar-refractivity contribution in [3.05, 3.63) is 52.5 Å². The number of hydrogen-bond donors (Lipinski definition) is 1. The van der Waals surface area contributed by atoms with Crippen LogP contribution < -0.4 is 10.1 Å². The molecule has 0 atom stereocenters. The van der Waals surface area contributed by atoms with E-state index in [1.165, 1.54) is 0 Å². The first-order valence-corrected chi connectivity index (χ1v) is 7.44. The number of halogens is 1. The molecule has 1 amide bonds. The maximum Gasteiger partial charge on any atom is 0.302 e. The number of oxazole rings is 1. The van der Waals surface area contributed by atoms with Gasteiger partial charge in [-0.2, -0.15) is 4.98 Å². The summed E-state index contributed by atoms with van der Waals surface area (Å²) < 4.78 is 10.9. The van der Waals surface area contributed by atoms with Crippen molar-refractivity contribution in [3.63, 3.8) is 0 Å². The Labute approximate surface area is 138 Å². The molecule has 0 radical (unpaired) electrons. The lowest BCUT2D eigenvalue weighted by Crippen LogP contribution is -2.20. The van der Waals surface area contributed by atoms with Crippen molar-refractivity contribution in [2.24, 2.45) is 0 Å². The number of amides is 1. The van der Waals surface area contributed by atoms with Crippen LogP contribution in [0.15, 0.2) is 40.8 Å². The maximum atomic E-state index is 11.9. The van der Waals surface area contributed by atoms with Crippen molar-refractivity contribution in [3.8, 4) is 5.75 Å². The number of benzene rings is 2. The summed E-state index contributed by atoms with van der Waals surface area (Å²) in [5.74, 6) is 0.309.